The van der Waals surface area contributed by atoms with E-state index in [4.69, 9.17) is 4.42 Å². The first-order chi connectivity index (χ1) is 8.02. The molecule has 17 heavy (non-hydrogen) atoms. The summed E-state index contributed by atoms with van der Waals surface area (Å²) in [5.41, 5.74) is 2.31. The van der Waals surface area contributed by atoms with Gasteiger partial charge >= 0.3 is 0 Å². The van der Waals surface area contributed by atoms with Gasteiger partial charge in [-0.3, -0.25) is 4.79 Å². The molecule has 0 aromatic carbocycles. The van der Waals surface area contributed by atoms with Gasteiger partial charge in [0.25, 0.3) is 0 Å². The molecule has 0 fully saturated rings. The van der Waals surface area contributed by atoms with Crippen LogP contribution in [0.4, 0.5) is 0 Å². The third-order valence-electron chi connectivity index (χ3n) is 4.71. The SMILES string of the molecule is Cc1coc2c1C[C@@H]1[C@@H](C)C=CC(=O)[C@@]1(C)C2. The fourth-order valence-corrected chi connectivity index (χ4v) is 3.45. The summed E-state index contributed by atoms with van der Waals surface area (Å²) in [6, 6.07) is 0. The van der Waals surface area contributed by atoms with Crippen LogP contribution in [-0.2, 0) is 17.6 Å². The van der Waals surface area contributed by atoms with Gasteiger partial charge in [-0.1, -0.05) is 19.9 Å². The van der Waals surface area contributed by atoms with E-state index in [1.54, 1.807) is 6.08 Å². The van der Waals surface area contributed by atoms with Gasteiger partial charge in [-0.2, -0.15) is 0 Å². The number of carbonyl (C=O) groups excluding carboxylic acids is 1. The van der Waals surface area contributed by atoms with Crippen LogP contribution in [-0.4, -0.2) is 5.78 Å². The summed E-state index contributed by atoms with van der Waals surface area (Å²) in [6.45, 7) is 6.41. The molecule has 0 radical (unpaired) electrons. The van der Waals surface area contributed by atoms with Crippen LogP contribution >= 0.6 is 0 Å². The topological polar surface area (TPSA) is 30.2 Å². The van der Waals surface area contributed by atoms with E-state index < -0.39 is 0 Å². The number of allylic oxidation sites excluding steroid dienone is 2. The van der Waals surface area contributed by atoms with Crippen LogP contribution in [0.5, 0.6) is 0 Å². The Morgan fingerprint density at radius 1 is 1.47 bits per heavy atom. The van der Waals surface area contributed by atoms with Crippen molar-refractivity contribution in [3.05, 3.63) is 35.3 Å². The maximum absolute atomic E-state index is 12.2. The Balaban J connectivity index is 2.10. The van der Waals surface area contributed by atoms with E-state index >= 15 is 0 Å². The van der Waals surface area contributed by atoms with E-state index in [1.807, 2.05) is 6.26 Å². The minimum absolute atomic E-state index is 0.258. The van der Waals surface area contributed by atoms with Crippen molar-refractivity contribution in [2.75, 3.05) is 0 Å². The van der Waals surface area contributed by atoms with E-state index in [-0.39, 0.29) is 11.2 Å². The molecule has 0 saturated heterocycles. The highest BCUT2D eigenvalue weighted by Gasteiger charge is 2.48. The van der Waals surface area contributed by atoms with Gasteiger partial charge < -0.3 is 4.42 Å². The largest absolute Gasteiger partial charge is 0.469 e. The molecule has 0 amide bonds. The normalized spacial score (nSPS) is 35.6. The average Bonchev–Trinajstić information content (AvgIpc) is 2.64. The average molecular weight is 230 g/mol. The maximum Gasteiger partial charge on any atom is 0.161 e. The molecule has 3 rings (SSSR count). The van der Waals surface area contributed by atoms with E-state index in [0.29, 0.717) is 11.8 Å². The van der Waals surface area contributed by atoms with Crippen LogP contribution in [0.1, 0.15) is 30.7 Å². The van der Waals surface area contributed by atoms with E-state index in [0.717, 1.165) is 18.6 Å². The molecule has 90 valence electrons. The third-order valence-corrected chi connectivity index (χ3v) is 4.71. The molecule has 0 spiro atoms. The molecular weight excluding hydrogens is 212 g/mol. The fourth-order valence-electron chi connectivity index (χ4n) is 3.45. The Labute approximate surface area is 102 Å². The molecule has 0 bridgehead atoms. The van der Waals surface area contributed by atoms with Crippen molar-refractivity contribution in [1.29, 1.82) is 0 Å². The van der Waals surface area contributed by atoms with Crippen molar-refractivity contribution in [2.24, 2.45) is 17.3 Å². The van der Waals surface area contributed by atoms with Crippen molar-refractivity contribution in [3.8, 4) is 0 Å². The van der Waals surface area contributed by atoms with Gasteiger partial charge in [0.2, 0.25) is 0 Å². The third kappa shape index (κ3) is 1.36. The Morgan fingerprint density at radius 2 is 2.24 bits per heavy atom. The van der Waals surface area contributed by atoms with Gasteiger partial charge in [0.15, 0.2) is 5.78 Å². The summed E-state index contributed by atoms with van der Waals surface area (Å²) >= 11 is 0. The minimum Gasteiger partial charge on any atom is -0.469 e. The van der Waals surface area contributed by atoms with Crippen LogP contribution < -0.4 is 0 Å². The Kier molecular flexibility index (Phi) is 2.13. The number of furan rings is 1. The quantitative estimate of drug-likeness (QED) is 0.685. The predicted molar refractivity (Wildman–Crippen MR) is 65.8 cm³/mol. The fraction of sp³-hybridized carbons (Fsp3) is 0.533. The molecule has 0 unspecified atom stereocenters. The lowest BCUT2D eigenvalue weighted by molar-refractivity contribution is -0.128. The summed E-state index contributed by atoms with van der Waals surface area (Å²) in [4.78, 5) is 12.2. The zero-order chi connectivity index (χ0) is 12.2. The molecule has 1 aromatic heterocycles. The Morgan fingerprint density at radius 3 is 3.00 bits per heavy atom. The predicted octanol–water partition coefficient (Wildman–Crippen LogP) is 3.08. The number of ketones is 1. The number of fused-ring (bicyclic) bond motifs is 2. The molecule has 2 aliphatic rings. The van der Waals surface area contributed by atoms with Crippen LogP contribution in [0.2, 0.25) is 0 Å². The van der Waals surface area contributed by atoms with Crippen LogP contribution in [0, 0.1) is 24.2 Å². The van der Waals surface area contributed by atoms with Crippen molar-refractivity contribution in [3.63, 3.8) is 0 Å². The standard InChI is InChI=1S/C15H18O2/c1-9-4-5-14(16)15(3)7-13-11(6-12(9)15)10(2)8-17-13/h4-5,8-9,12H,6-7H2,1-3H3/t9-,12+,15-/m0/s1. The van der Waals surface area contributed by atoms with Crippen LogP contribution in [0.25, 0.3) is 0 Å². The Bertz CT molecular complexity index is 509. The number of rotatable bonds is 0. The zero-order valence-corrected chi connectivity index (χ0v) is 10.6. The van der Waals surface area contributed by atoms with E-state index in [9.17, 15) is 4.79 Å². The smallest absolute Gasteiger partial charge is 0.161 e. The van der Waals surface area contributed by atoms with Crippen LogP contribution in [0.15, 0.2) is 22.8 Å². The van der Waals surface area contributed by atoms with Gasteiger partial charge in [-0.25, -0.2) is 0 Å². The summed E-state index contributed by atoms with van der Waals surface area (Å²) in [6.07, 6.45) is 7.39. The van der Waals surface area contributed by atoms with E-state index in [2.05, 4.69) is 26.8 Å². The zero-order valence-electron chi connectivity index (χ0n) is 10.6. The second-order valence-electron chi connectivity index (χ2n) is 5.81. The summed E-state index contributed by atoms with van der Waals surface area (Å²) < 4.78 is 5.61. The van der Waals surface area contributed by atoms with E-state index in [1.165, 1.54) is 11.1 Å². The number of hydrogen-bond acceptors (Lipinski definition) is 2. The molecule has 3 atom stereocenters. The Hall–Kier alpha value is -1.31. The molecule has 2 heteroatoms. The summed E-state index contributed by atoms with van der Waals surface area (Å²) in [5.74, 6) is 2.18. The first kappa shape index (κ1) is 10.8. The lowest BCUT2D eigenvalue weighted by Gasteiger charge is -2.43. The van der Waals surface area contributed by atoms with Gasteiger partial charge in [0.1, 0.15) is 5.76 Å². The molecule has 2 aliphatic carbocycles. The number of carbonyl (C=O) groups is 1. The van der Waals surface area contributed by atoms with Gasteiger partial charge in [0, 0.05) is 11.8 Å². The highest BCUT2D eigenvalue weighted by Crippen LogP contribution is 2.48. The monoisotopic (exact) mass is 230 g/mol. The van der Waals surface area contributed by atoms with Crippen molar-refractivity contribution < 1.29 is 9.21 Å². The van der Waals surface area contributed by atoms with Gasteiger partial charge in [-0.05, 0) is 42.4 Å². The molecule has 0 saturated carbocycles. The highest BCUT2D eigenvalue weighted by atomic mass is 16.3. The summed E-state index contributed by atoms with van der Waals surface area (Å²) in [5, 5.41) is 0. The lowest BCUT2D eigenvalue weighted by Crippen LogP contribution is -2.46. The number of hydrogen-bond donors (Lipinski definition) is 0. The first-order valence-corrected chi connectivity index (χ1v) is 6.31. The van der Waals surface area contributed by atoms with Crippen molar-refractivity contribution >= 4 is 5.78 Å². The first-order valence-electron chi connectivity index (χ1n) is 6.31. The molecule has 1 aromatic rings. The number of aryl methyl sites for hydroxylation is 1. The van der Waals surface area contributed by atoms with Crippen molar-refractivity contribution in [1.82, 2.24) is 0 Å². The molecule has 0 aliphatic heterocycles. The van der Waals surface area contributed by atoms with Crippen molar-refractivity contribution in [2.45, 2.75) is 33.6 Å². The second kappa shape index (κ2) is 3.34. The van der Waals surface area contributed by atoms with Gasteiger partial charge in [-0.15, -0.1) is 0 Å². The maximum atomic E-state index is 12.2. The minimum atomic E-state index is -0.258. The van der Waals surface area contributed by atoms with Gasteiger partial charge in [0.05, 0.1) is 6.26 Å². The molecule has 1 heterocycles. The highest BCUT2D eigenvalue weighted by molar-refractivity contribution is 5.96. The molecule has 2 nitrogen and oxygen atoms in total. The molecular formula is C15H18O2. The lowest BCUT2D eigenvalue weighted by atomic mass is 9.58. The summed E-state index contributed by atoms with van der Waals surface area (Å²) in [7, 11) is 0. The second-order valence-corrected chi connectivity index (χ2v) is 5.81. The van der Waals surface area contributed by atoms with Crippen LogP contribution in [0.3, 0.4) is 0 Å². The molecule has 0 N–H and O–H groups in total.